The predicted octanol–water partition coefficient (Wildman–Crippen LogP) is 2.41. The molecule has 1 N–H and O–H groups in total. The van der Waals surface area contributed by atoms with Gasteiger partial charge >= 0.3 is 0 Å². The minimum atomic E-state index is -0.585. The number of amides is 3. The number of piperidine rings is 2. The third-order valence-corrected chi connectivity index (χ3v) is 9.29. The summed E-state index contributed by atoms with van der Waals surface area (Å²) in [6.45, 7) is 5.27. The zero-order valence-corrected chi connectivity index (χ0v) is 21.3. The second-order valence-corrected chi connectivity index (χ2v) is 11.6. The molecule has 4 heterocycles. The molecular formula is C28H38N4O4. The maximum Gasteiger partial charge on any atom is 0.255 e. The molecule has 1 aliphatic carbocycles. The molecule has 6 rings (SSSR count). The lowest BCUT2D eigenvalue weighted by atomic mass is 9.77. The van der Waals surface area contributed by atoms with Gasteiger partial charge in [-0.2, -0.15) is 0 Å². The number of hydrogen-bond donors (Lipinski definition) is 1. The van der Waals surface area contributed by atoms with Crippen molar-refractivity contribution in [3.05, 3.63) is 29.3 Å². The van der Waals surface area contributed by atoms with Gasteiger partial charge in [0.05, 0.1) is 0 Å². The van der Waals surface area contributed by atoms with Gasteiger partial charge in [-0.3, -0.25) is 24.6 Å². The molecule has 4 fully saturated rings. The quantitative estimate of drug-likeness (QED) is 0.633. The van der Waals surface area contributed by atoms with E-state index >= 15 is 0 Å². The molecule has 36 heavy (non-hydrogen) atoms. The Kier molecular flexibility index (Phi) is 6.50. The SMILES string of the molecule is CN1CCC(C2CN([C@H]3CCCC[C@@H]3Oc3ccc4c(c3)CN(C3CCC(=O)NC3=O)C4=O)C2)CC1. The van der Waals surface area contributed by atoms with Crippen molar-refractivity contribution in [1.29, 1.82) is 0 Å². The van der Waals surface area contributed by atoms with E-state index in [9.17, 15) is 14.4 Å². The fourth-order valence-corrected chi connectivity index (χ4v) is 7.05. The van der Waals surface area contributed by atoms with E-state index in [1.807, 2.05) is 18.2 Å². The van der Waals surface area contributed by atoms with Crippen LogP contribution in [0, 0.1) is 11.8 Å². The minimum Gasteiger partial charge on any atom is -0.489 e. The van der Waals surface area contributed by atoms with Crippen molar-refractivity contribution in [2.75, 3.05) is 33.2 Å². The Bertz CT molecular complexity index is 1030. The van der Waals surface area contributed by atoms with Crippen LogP contribution in [0.3, 0.4) is 0 Å². The van der Waals surface area contributed by atoms with Crippen LogP contribution in [-0.2, 0) is 16.1 Å². The normalized spacial score (nSPS) is 30.8. The van der Waals surface area contributed by atoms with Gasteiger partial charge < -0.3 is 14.5 Å². The molecule has 194 valence electrons. The van der Waals surface area contributed by atoms with Crippen molar-refractivity contribution in [3.63, 3.8) is 0 Å². The number of hydrogen-bond acceptors (Lipinski definition) is 6. The van der Waals surface area contributed by atoms with Gasteiger partial charge in [-0.25, -0.2) is 0 Å². The number of benzene rings is 1. The van der Waals surface area contributed by atoms with E-state index < -0.39 is 6.04 Å². The molecule has 1 aromatic rings. The summed E-state index contributed by atoms with van der Waals surface area (Å²) in [5.74, 6) is 1.76. The molecule has 0 bridgehead atoms. The predicted molar refractivity (Wildman–Crippen MR) is 134 cm³/mol. The second-order valence-electron chi connectivity index (χ2n) is 11.6. The van der Waals surface area contributed by atoms with E-state index in [0.29, 0.717) is 24.6 Å². The van der Waals surface area contributed by atoms with Crippen LogP contribution in [0.2, 0.25) is 0 Å². The van der Waals surface area contributed by atoms with Crippen LogP contribution >= 0.6 is 0 Å². The first-order chi connectivity index (χ1) is 17.5. The maximum absolute atomic E-state index is 13.0. The van der Waals surface area contributed by atoms with Crippen molar-refractivity contribution in [2.24, 2.45) is 11.8 Å². The fourth-order valence-electron chi connectivity index (χ4n) is 7.05. The van der Waals surface area contributed by atoms with Crippen molar-refractivity contribution < 1.29 is 19.1 Å². The van der Waals surface area contributed by atoms with Crippen LogP contribution in [0.4, 0.5) is 0 Å². The van der Waals surface area contributed by atoms with Gasteiger partial charge in [0.1, 0.15) is 17.9 Å². The summed E-state index contributed by atoms with van der Waals surface area (Å²) in [7, 11) is 2.23. The highest BCUT2D eigenvalue weighted by Crippen LogP contribution is 2.37. The van der Waals surface area contributed by atoms with E-state index in [-0.39, 0.29) is 30.2 Å². The van der Waals surface area contributed by atoms with E-state index in [4.69, 9.17) is 4.74 Å². The van der Waals surface area contributed by atoms with Crippen LogP contribution in [0.1, 0.15) is 67.3 Å². The van der Waals surface area contributed by atoms with Gasteiger partial charge in [-0.15, -0.1) is 0 Å². The van der Waals surface area contributed by atoms with Crippen molar-refractivity contribution in [3.8, 4) is 5.75 Å². The Morgan fingerprint density at radius 2 is 1.72 bits per heavy atom. The summed E-state index contributed by atoms with van der Waals surface area (Å²) in [5.41, 5.74) is 1.54. The third-order valence-electron chi connectivity index (χ3n) is 9.29. The molecule has 1 aromatic carbocycles. The van der Waals surface area contributed by atoms with Crippen LogP contribution < -0.4 is 10.1 Å². The van der Waals surface area contributed by atoms with Gasteiger partial charge in [0.25, 0.3) is 5.91 Å². The van der Waals surface area contributed by atoms with Crippen molar-refractivity contribution in [1.82, 2.24) is 20.0 Å². The number of nitrogens with one attached hydrogen (secondary N) is 1. The maximum atomic E-state index is 13.0. The summed E-state index contributed by atoms with van der Waals surface area (Å²) in [6.07, 6.45) is 8.22. The number of imide groups is 1. The summed E-state index contributed by atoms with van der Waals surface area (Å²) in [5, 5.41) is 2.37. The van der Waals surface area contributed by atoms with Gasteiger partial charge in [-0.05, 0) is 94.3 Å². The molecule has 0 radical (unpaired) electrons. The van der Waals surface area contributed by atoms with Crippen LogP contribution in [-0.4, -0.2) is 83.8 Å². The zero-order chi connectivity index (χ0) is 24.8. The number of fused-ring (bicyclic) bond motifs is 1. The number of carbonyl (C=O) groups is 3. The van der Waals surface area contributed by atoms with Crippen LogP contribution in [0.5, 0.6) is 5.75 Å². The second kappa shape index (κ2) is 9.78. The lowest BCUT2D eigenvalue weighted by Crippen LogP contribution is -2.60. The number of likely N-dealkylation sites (tertiary alicyclic amines) is 2. The van der Waals surface area contributed by atoms with E-state index in [2.05, 4.69) is 22.2 Å². The number of carbonyl (C=O) groups excluding carboxylic acids is 3. The molecule has 1 saturated carbocycles. The van der Waals surface area contributed by atoms with E-state index in [0.717, 1.165) is 29.6 Å². The lowest BCUT2D eigenvalue weighted by molar-refractivity contribution is -0.136. The Morgan fingerprint density at radius 1 is 0.944 bits per heavy atom. The molecular weight excluding hydrogens is 456 g/mol. The molecule has 4 aliphatic heterocycles. The van der Waals surface area contributed by atoms with Crippen LogP contribution in [0.15, 0.2) is 18.2 Å². The van der Waals surface area contributed by atoms with Crippen molar-refractivity contribution in [2.45, 2.75) is 76.1 Å². The molecule has 0 aromatic heterocycles. The first-order valence-corrected chi connectivity index (χ1v) is 13.8. The first-order valence-electron chi connectivity index (χ1n) is 13.8. The van der Waals surface area contributed by atoms with Crippen LogP contribution in [0.25, 0.3) is 0 Å². The number of rotatable bonds is 5. The van der Waals surface area contributed by atoms with Gasteiger partial charge in [-0.1, -0.05) is 6.42 Å². The average Bonchev–Trinajstić information content (AvgIpc) is 3.16. The summed E-state index contributed by atoms with van der Waals surface area (Å²) in [4.78, 5) is 43.6. The summed E-state index contributed by atoms with van der Waals surface area (Å²) >= 11 is 0. The Balaban J connectivity index is 1.09. The average molecular weight is 495 g/mol. The van der Waals surface area contributed by atoms with E-state index in [1.54, 1.807) is 4.90 Å². The largest absolute Gasteiger partial charge is 0.489 e. The first kappa shape index (κ1) is 23.9. The Morgan fingerprint density at radius 3 is 2.50 bits per heavy atom. The third kappa shape index (κ3) is 4.54. The topological polar surface area (TPSA) is 82.2 Å². The fraction of sp³-hybridized carbons (Fsp3) is 0.679. The monoisotopic (exact) mass is 494 g/mol. The molecule has 3 amide bonds. The molecule has 5 aliphatic rings. The zero-order valence-electron chi connectivity index (χ0n) is 21.3. The highest BCUT2D eigenvalue weighted by molar-refractivity contribution is 6.05. The number of ether oxygens (including phenoxy) is 1. The number of nitrogens with zero attached hydrogens (tertiary/aromatic N) is 3. The van der Waals surface area contributed by atoms with E-state index in [1.165, 1.54) is 58.3 Å². The molecule has 8 heteroatoms. The smallest absolute Gasteiger partial charge is 0.255 e. The molecule has 8 nitrogen and oxygen atoms in total. The Hall–Kier alpha value is -2.45. The van der Waals surface area contributed by atoms with Gasteiger partial charge in [0, 0.05) is 37.7 Å². The molecule has 1 unspecified atom stereocenters. The molecule has 3 saturated heterocycles. The summed E-state index contributed by atoms with van der Waals surface area (Å²) in [6, 6.07) is 5.63. The lowest BCUT2D eigenvalue weighted by Gasteiger charge is -2.51. The highest BCUT2D eigenvalue weighted by atomic mass is 16.5. The Labute approximate surface area is 213 Å². The van der Waals surface area contributed by atoms with Gasteiger partial charge in [0.2, 0.25) is 11.8 Å². The molecule has 3 atom stereocenters. The summed E-state index contributed by atoms with van der Waals surface area (Å²) < 4.78 is 6.59. The minimum absolute atomic E-state index is 0.137. The highest BCUT2D eigenvalue weighted by Gasteiger charge is 2.42. The van der Waals surface area contributed by atoms with Gasteiger partial charge in [0.15, 0.2) is 0 Å². The standard InChI is InChI=1S/C28H38N4O4/c1-30-12-10-18(11-13-30)20-15-31(16-20)23-4-2-3-5-25(23)36-21-6-7-22-19(14-21)17-32(28(22)35)24-8-9-26(33)29-27(24)34/h6-7,14,18,20,23-25H,2-5,8-13,15-17H2,1H3,(H,29,33,34)/t23-,24?,25-/m0/s1. The molecule has 0 spiro atoms. The van der Waals surface area contributed by atoms with Crippen molar-refractivity contribution >= 4 is 17.7 Å².